The second kappa shape index (κ2) is 8.33. The predicted octanol–water partition coefficient (Wildman–Crippen LogP) is 1.15. The first-order valence-electron chi connectivity index (χ1n) is 5.21. The lowest BCUT2D eigenvalue weighted by atomic mass is 10.1. The van der Waals surface area contributed by atoms with Crippen molar-refractivity contribution >= 4 is 12.4 Å². The van der Waals surface area contributed by atoms with E-state index in [0.29, 0.717) is 18.9 Å². The van der Waals surface area contributed by atoms with Crippen LogP contribution in [0.1, 0.15) is 18.9 Å². The molecule has 4 nitrogen and oxygen atoms in total. The number of halogens is 1. The molecule has 3 N–H and O–H groups in total. The number of pyridine rings is 1. The number of ether oxygens (including phenoxy) is 1. The van der Waals surface area contributed by atoms with Gasteiger partial charge in [-0.05, 0) is 18.9 Å². The standard InChI is InChI=1S/C11H18N2O2.ClH/c1-2-6-15-11-9(4-3-5-13-11)7-10(12)8-14;/h3-5,10,14H,2,6-8,12H2,1H3;1H. The van der Waals surface area contributed by atoms with Crippen LogP contribution < -0.4 is 10.5 Å². The van der Waals surface area contributed by atoms with Gasteiger partial charge in [-0.3, -0.25) is 0 Å². The smallest absolute Gasteiger partial charge is 0.216 e. The molecule has 16 heavy (non-hydrogen) atoms. The molecule has 0 aliphatic rings. The highest BCUT2D eigenvalue weighted by Crippen LogP contribution is 2.15. The Bertz CT molecular complexity index is 297. The van der Waals surface area contributed by atoms with Gasteiger partial charge < -0.3 is 15.6 Å². The number of hydrogen-bond donors (Lipinski definition) is 2. The summed E-state index contributed by atoms with van der Waals surface area (Å²) in [6.45, 7) is 2.67. The van der Waals surface area contributed by atoms with Crippen LogP contribution in [0.25, 0.3) is 0 Å². The number of nitrogens with two attached hydrogens (primary N) is 1. The molecule has 0 amide bonds. The van der Waals surface area contributed by atoms with Crippen molar-refractivity contribution in [2.24, 2.45) is 5.73 Å². The Kier molecular flexibility index (Phi) is 7.89. The first-order valence-corrected chi connectivity index (χ1v) is 5.21. The lowest BCUT2D eigenvalue weighted by Crippen LogP contribution is -2.27. The van der Waals surface area contributed by atoms with Gasteiger partial charge in [-0.1, -0.05) is 13.0 Å². The summed E-state index contributed by atoms with van der Waals surface area (Å²) in [6, 6.07) is 3.52. The summed E-state index contributed by atoms with van der Waals surface area (Å²) in [6.07, 6.45) is 3.23. The molecule has 0 spiro atoms. The van der Waals surface area contributed by atoms with E-state index in [1.54, 1.807) is 6.20 Å². The van der Waals surface area contributed by atoms with Crippen LogP contribution in [-0.4, -0.2) is 29.3 Å². The Hall–Kier alpha value is -0.840. The third-order valence-corrected chi connectivity index (χ3v) is 2.01. The maximum absolute atomic E-state index is 8.88. The SMILES string of the molecule is CCCOc1ncccc1CC(N)CO.Cl. The Morgan fingerprint density at radius 3 is 2.94 bits per heavy atom. The fourth-order valence-electron chi connectivity index (χ4n) is 1.26. The van der Waals surface area contributed by atoms with Gasteiger partial charge in [-0.15, -0.1) is 12.4 Å². The molecule has 0 saturated heterocycles. The minimum absolute atomic E-state index is 0. The van der Waals surface area contributed by atoms with E-state index in [4.69, 9.17) is 15.6 Å². The molecule has 92 valence electrons. The number of nitrogens with zero attached hydrogens (tertiary/aromatic N) is 1. The summed E-state index contributed by atoms with van der Waals surface area (Å²) in [5, 5.41) is 8.88. The van der Waals surface area contributed by atoms with Crippen molar-refractivity contribution in [1.29, 1.82) is 0 Å². The van der Waals surface area contributed by atoms with Crippen molar-refractivity contribution in [3.8, 4) is 5.88 Å². The zero-order valence-corrected chi connectivity index (χ0v) is 10.2. The Morgan fingerprint density at radius 2 is 2.31 bits per heavy atom. The lowest BCUT2D eigenvalue weighted by molar-refractivity contribution is 0.261. The van der Waals surface area contributed by atoms with Gasteiger partial charge in [0.2, 0.25) is 5.88 Å². The molecular weight excluding hydrogens is 228 g/mol. The first-order chi connectivity index (χ1) is 7.27. The van der Waals surface area contributed by atoms with Gasteiger partial charge in [-0.2, -0.15) is 0 Å². The fourth-order valence-corrected chi connectivity index (χ4v) is 1.26. The van der Waals surface area contributed by atoms with E-state index in [2.05, 4.69) is 4.98 Å². The highest BCUT2D eigenvalue weighted by molar-refractivity contribution is 5.85. The van der Waals surface area contributed by atoms with E-state index >= 15 is 0 Å². The minimum atomic E-state index is -0.252. The largest absolute Gasteiger partial charge is 0.477 e. The van der Waals surface area contributed by atoms with E-state index < -0.39 is 0 Å². The molecule has 0 aliphatic carbocycles. The van der Waals surface area contributed by atoms with Crippen LogP contribution in [0.2, 0.25) is 0 Å². The van der Waals surface area contributed by atoms with Gasteiger partial charge in [0.1, 0.15) is 0 Å². The van der Waals surface area contributed by atoms with Gasteiger partial charge in [-0.25, -0.2) is 4.98 Å². The molecule has 0 fully saturated rings. The Balaban J connectivity index is 0.00000225. The second-order valence-electron chi connectivity index (χ2n) is 3.46. The molecule has 1 unspecified atom stereocenters. The third-order valence-electron chi connectivity index (χ3n) is 2.01. The molecule has 0 radical (unpaired) electrons. The zero-order chi connectivity index (χ0) is 11.1. The van der Waals surface area contributed by atoms with E-state index in [9.17, 15) is 0 Å². The summed E-state index contributed by atoms with van der Waals surface area (Å²) < 4.78 is 5.48. The monoisotopic (exact) mass is 246 g/mol. The Morgan fingerprint density at radius 1 is 1.56 bits per heavy atom. The number of rotatable bonds is 6. The summed E-state index contributed by atoms with van der Waals surface area (Å²) in [4.78, 5) is 4.14. The van der Waals surface area contributed by atoms with E-state index in [0.717, 1.165) is 12.0 Å². The van der Waals surface area contributed by atoms with Crippen LogP contribution in [0.5, 0.6) is 5.88 Å². The zero-order valence-electron chi connectivity index (χ0n) is 9.43. The van der Waals surface area contributed by atoms with E-state index in [1.807, 2.05) is 19.1 Å². The highest BCUT2D eigenvalue weighted by atomic mass is 35.5. The van der Waals surface area contributed by atoms with Crippen molar-refractivity contribution in [2.45, 2.75) is 25.8 Å². The molecular formula is C11H19ClN2O2. The molecule has 1 rings (SSSR count). The molecule has 0 aliphatic heterocycles. The van der Waals surface area contributed by atoms with Crippen molar-refractivity contribution in [2.75, 3.05) is 13.2 Å². The minimum Gasteiger partial charge on any atom is -0.477 e. The topological polar surface area (TPSA) is 68.4 Å². The third kappa shape index (κ3) is 4.79. The molecule has 1 aromatic rings. The maximum atomic E-state index is 8.88. The molecule has 1 heterocycles. The summed E-state index contributed by atoms with van der Waals surface area (Å²) in [5.41, 5.74) is 6.62. The van der Waals surface area contributed by atoms with Crippen molar-refractivity contribution < 1.29 is 9.84 Å². The average molecular weight is 247 g/mol. The van der Waals surface area contributed by atoms with Crippen molar-refractivity contribution in [3.05, 3.63) is 23.9 Å². The molecule has 1 atom stereocenters. The van der Waals surface area contributed by atoms with Crippen LogP contribution in [0.3, 0.4) is 0 Å². The number of aromatic nitrogens is 1. The molecule has 5 heteroatoms. The average Bonchev–Trinajstić information content (AvgIpc) is 2.28. The number of aliphatic hydroxyl groups is 1. The van der Waals surface area contributed by atoms with Crippen LogP contribution in [0.15, 0.2) is 18.3 Å². The quantitative estimate of drug-likeness (QED) is 0.790. The van der Waals surface area contributed by atoms with Gasteiger partial charge >= 0.3 is 0 Å². The van der Waals surface area contributed by atoms with Gasteiger partial charge in [0.05, 0.1) is 13.2 Å². The number of aliphatic hydroxyl groups excluding tert-OH is 1. The van der Waals surface area contributed by atoms with Crippen LogP contribution in [0.4, 0.5) is 0 Å². The van der Waals surface area contributed by atoms with Crippen LogP contribution >= 0.6 is 12.4 Å². The summed E-state index contributed by atoms with van der Waals surface area (Å²) in [5.74, 6) is 0.628. The Labute approximate surface area is 102 Å². The van der Waals surface area contributed by atoms with Gasteiger partial charge in [0.25, 0.3) is 0 Å². The second-order valence-corrected chi connectivity index (χ2v) is 3.46. The van der Waals surface area contributed by atoms with Crippen molar-refractivity contribution in [1.82, 2.24) is 4.98 Å². The van der Waals surface area contributed by atoms with Crippen LogP contribution in [-0.2, 0) is 6.42 Å². The summed E-state index contributed by atoms with van der Waals surface area (Å²) in [7, 11) is 0. The number of hydrogen-bond acceptors (Lipinski definition) is 4. The highest BCUT2D eigenvalue weighted by Gasteiger charge is 2.08. The fraction of sp³-hybridized carbons (Fsp3) is 0.545. The summed E-state index contributed by atoms with van der Waals surface area (Å²) >= 11 is 0. The van der Waals surface area contributed by atoms with Gasteiger partial charge in [0, 0.05) is 17.8 Å². The van der Waals surface area contributed by atoms with E-state index in [1.165, 1.54) is 0 Å². The van der Waals surface area contributed by atoms with E-state index in [-0.39, 0.29) is 25.1 Å². The van der Waals surface area contributed by atoms with Gasteiger partial charge in [0.15, 0.2) is 0 Å². The molecule has 0 aromatic carbocycles. The first kappa shape index (κ1) is 15.2. The normalized spacial score (nSPS) is 11.7. The van der Waals surface area contributed by atoms with Crippen molar-refractivity contribution in [3.63, 3.8) is 0 Å². The lowest BCUT2D eigenvalue weighted by Gasteiger charge is -2.12. The molecule has 1 aromatic heterocycles. The predicted molar refractivity (Wildman–Crippen MR) is 66.0 cm³/mol. The molecule has 0 bridgehead atoms. The maximum Gasteiger partial charge on any atom is 0.216 e. The van der Waals surface area contributed by atoms with Crippen LogP contribution in [0, 0.1) is 0 Å². The molecule has 0 saturated carbocycles.